The van der Waals surface area contributed by atoms with Gasteiger partial charge in [0.2, 0.25) is 0 Å². The lowest BCUT2D eigenvalue weighted by molar-refractivity contribution is -0.137. The molecule has 0 atom stereocenters. The monoisotopic (exact) mass is 234 g/mol. The van der Waals surface area contributed by atoms with Crippen LogP contribution in [0.1, 0.15) is 21.5 Å². The number of rotatable bonds is 5. The zero-order valence-corrected chi connectivity index (χ0v) is 9.60. The fourth-order valence-electron chi connectivity index (χ4n) is 1.46. The first-order chi connectivity index (χ1) is 8.04. The third-order valence-electron chi connectivity index (χ3n) is 2.27. The van der Waals surface area contributed by atoms with Crippen LogP contribution in [-0.4, -0.2) is 23.7 Å². The third kappa shape index (κ3) is 3.75. The van der Waals surface area contributed by atoms with Crippen molar-refractivity contribution in [2.75, 3.05) is 6.61 Å². The summed E-state index contributed by atoms with van der Waals surface area (Å²) >= 11 is 0. The van der Waals surface area contributed by atoms with E-state index in [9.17, 15) is 9.59 Å². The average molecular weight is 234 g/mol. The number of esters is 1. The number of ether oxygens (including phenoxy) is 1. The fourth-order valence-corrected chi connectivity index (χ4v) is 1.46. The van der Waals surface area contributed by atoms with Crippen molar-refractivity contribution < 1.29 is 19.4 Å². The van der Waals surface area contributed by atoms with Crippen molar-refractivity contribution in [1.82, 2.24) is 0 Å². The number of hydrogen-bond acceptors (Lipinski definition) is 3. The summed E-state index contributed by atoms with van der Waals surface area (Å²) in [6.45, 7) is 5.30. The van der Waals surface area contributed by atoms with Gasteiger partial charge in [-0.1, -0.05) is 24.3 Å². The van der Waals surface area contributed by atoms with Gasteiger partial charge in [0.15, 0.2) is 0 Å². The Hall–Kier alpha value is -2.10. The Balaban J connectivity index is 2.75. The molecular weight excluding hydrogens is 220 g/mol. The number of aromatic carboxylic acids is 1. The van der Waals surface area contributed by atoms with E-state index in [2.05, 4.69) is 6.58 Å². The van der Waals surface area contributed by atoms with Crippen molar-refractivity contribution in [2.24, 2.45) is 0 Å². The minimum absolute atomic E-state index is 0.147. The molecule has 0 radical (unpaired) electrons. The molecule has 1 aromatic carbocycles. The number of hydrogen-bond donors (Lipinski definition) is 1. The zero-order valence-electron chi connectivity index (χ0n) is 9.60. The lowest BCUT2D eigenvalue weighted by Crippen LogP contribution is -2.08. The summed E-state index contributed by atoms with van der Waals surface area (Å²) in [5.74, 6) is -1.48. The van der Waals surface area contributed by atoms with E-state index in [1.54, 1.807) is 18.2 Å². The summed E-state index contributed by atoms with van der Waals surface area (Å²) in [6, 6.07) is 5.08. The van der Waals surface area contributed by atoms with Gasteiger partial charge in [0.25, 0.3) is 0 Å². The smallest absolute Gasteiger partial charge is 0.335 e. The molecule has 0 aliphatic rings. The number of benzene rings is 1. The van der Waals surface area contributed by atoms with E-state index in [1.165, 1.54) is 0 Å². The van der Waals surface area contributed by atoms with E-state index in [-0.39, 0.29) is 12.2 Å². The van der Waals surface area contributed by atoms with Gasteiger partial charge in [-0.05, 0) is 18.6 Å². The lowest BCUT2D eigenvalue weighted by atomic mass is 10.0. The molecule has 0 unspecified atom stereocenters. The summed E-state index contributed by atoms with van der Waals surface area (Å²) in [5.41, 5.74) is 1.87. The van der Waals surface area contributed by atoms with Crippen LogP contribution in [0.25, 0.3) is 0 Å². The Morgan fingerprint density at radius 1 is 1.47 bits per heavy atom. The van der Waals surface area contributed by atoms with Crippen LogP contribution < -0.4 is 0 Å². The van der Waals surface area contributed by atoms with Gasteiger partial charge in [0, 0.05) is 12.5 Å². The summed E-state index contributed by atoms with van der Waals surface area (Å²) in [5, 5.41) is 8.99. The largest absolute Gasteiger partial charge is 0.478 e. The second kappa shape index (κ2) is 5.84. The summed E-state index contributed by atoms with van der Waals surface area (Å²) in [4.78, 5) is 21.8. The second-order valence-electron chi connectivity index (χ2n) is 3.59. The minimum Gasteiger partial charge on any atom is -0.478 e. The SMILES string of the molecule is C=CC(=O)OCCc1cc(C)ccc1C(=O)O. The summed E-state index contributed by atoms with van der Waals surface area (Å²) in [7, 11) is 0. The third-order valence-corrected chi connectivity index (χ3v) is 2.27. The van der Waals surface area contributed by atoms with Gasteiger partial charge in [-0.3, -0.25) is 0 Å². The van der Waals surface area contributed by atoms with Crippen molar-refractivity contribution >= 4 is 11.9 Å². The molecule has 17 heavy (non-hydrogen) atoms. The van der Waals surface area contributed by atoms with Crippen LogP contribution >= 0.6 is 0 Å². The number of carbonyl (C=O) groups excluding carboxylic acids is 1. The standard InChI is InChI=1S/C13H14O4/c1-3-12(14)17-7-6-10-8-9(2)4-5-11(10)13(15)16/h3-5,8H,1,6-7H2,2H3,(H,15,16). The van der Waals surface area contributed by atoms with Crippen LogP contribution in [0.3, 0.4) is 0 Å². The maximum absolute atomic E-state index is 11.0. The molecule has 90 valence electrons. The maximum Gasteiger partial charge on any atom is 0.335 e. The van der Waals surface area contributed by atoms with Crippen molar-refractivity contribution in [2.45, 2.75) is 13.3 Å². The van der Waals surface area contributed by atoms with Crippen LogP contribution in [0.5, 0.6) is 0 Å². The first-order valence-electron chi connectivity index (χ1n) is 5.16. The van der Waals surface area contributed by atoms with E-state index in [1.807, 2.05) is 6.92 Å². The topological polar surface area (TPSA) is 63.6 Å². The van der Waals surface area contributed by atoms with Crippen LogP contribution in [0.2, 0.25) is 0 Å². The van der Waals surface area contributed by atoms with Gasteiger partial charge in [-0.2, -0.15) is 0 Å². The highest BCUT2D eigenvalue weighted by Crippen LogP contribution is 2.12. The summed E-state index contributed by atoms with van der Waals surface area (Å²) in [6.07, 6.45) is 1.46. The Labute approximate surface area is 99.5 Å². The van der Waals surface area contributed by atoms with Crippen LogP contribution in [0.4, 0.5) is 0 Å². The highest BCUT2D eigenvalue weighted by Gasteiger charge is 2.10. The van der Waals surface area contributed by atoms with Gasteiger partial charge < -0.3 is 9.84 Å². The van der Waals surface area contributed by atoms with Crippen LogP contribution in [-0.2, 0) is 16.0 Å². The molecule has 0 aromatic heterocycles. The normalized spacial score (nSPS) is 9.71. The fraction of sp³-hybridized carbons (Fsp3) is 0.231. The van der Waals surface area contributed by atoms with Crippen molar-refractivity contribution in [1.29, 1.82) is 0 Å². The van der Waals surface area contributed by atoms with Gasteiger partial charge in [-0.15, -0.1) is 0 Å². The minimum atomic E-state index is -0.977. The first-order valence-corrected chi connectivity index (χ1v) is 5.16. The van der Waals surface area contributed by atoms with E-state index in [0.29, 0.717) is 12.0 Å². The molecule has 4 nitrogen and oxygen atoms in total. The highest BCUT2D eigenvalue weighted by molar-refractivity contribution is 5.89. The molecule has 0 fully saturated rings. The van der Waals surface area contributed by atoms with Gasteiger partial charge in [0.05, 0.1) is 12.2 Å². The van der Waals surface area contributed by atoms with E-state index in [0.717, 1.165) is 11.6 Å². The maximum atomic E-state index is 11.0. The molecule has 1 N–H and O–H groups in total. The van der Waals surface area contributed by atoms with Crippen molar-refractivity contribution in [3.8, 4) is 0 Å². The molecule has 0 saturated carbocycles. The highest BCUT2D eigenvalue weighted by atomic mass is 16.5. The predicted molar refractivity (Wildman–Crippen MR) is 63.0 cm³/mol. The van der Waals surface area contributed by atoms with E-state index < -0.39 is 11.9 Å². The summed E-state index contributed by atoms with van der Waals surface area (Å²) < 4.78 is 4.82. The Morgan fingerprint density at radius 2 is 2.18 bits per heavy atom. The number of aryl methyl sites for hydroxylation is 1. The van der Waals surface area contributed by atoms with Gasteiger partial charge in [-0.25, -0.2) is 9.59 Å². The Bertz CT molecular complexity index is 449. The molecular formula is C13H14O4. The average Bonchev–Trinajstić information content (AvgIpc) is 2.28. The lowest BCUT2D eigenvalue weighted by Gasteiger charge is -2.07. The van der Waals surface area contributed by atoms with Crippen LogP contribution in [0.15, 0.2) is 30.9 Å². The van der Waals surface area contributed by atoms with E-state index >= 15 is 0 Å². The molecule has 0 heterocycles. The zero-order chi connectivity index (χ0) is 12.8. The molecule has 0 amide bonds. The van der Waals surface area contributed by atoms with Gasteiger partial charge >= 0.3 is 11.9 Å². The van der Waals surface area contributed by atoms with Gasteiger partial charge in [0.1, 0.15) is 0 Å². The molecule has 0 aliphatic heterocycles. The Kier molecular flexibility index (Phi) is 4.46. The molecule has 4 heteroatoms. The first kappa shape index (κ1) is 13.0. The van der Waals surface area contributed by atoms with Crippen LogP contribution in [0, 0.1) is 6.92 Å². The molecule has 0 spiro atoms. The Morgan fingerprint density at radius 3 is 2.76 bits per heavy atom. The molecule has 0 bridgehead atoms. The molecule has 0 saturated heterocycles. The molecule has 1 rings (SSSR count). The second-order valence-corrected chi connectivity index (χ2v) is 3.59. The van der Waals surface area contributed by atoms with Crippen molar-refractivity contribution in [3.05, 3.63) is 47.5 Å². The molecule has 1 aromatic rings. The molecule has 0 aliphatic carbocycles. The number of carboxylic acids is 1. The quantitative estimate of drug-likeness (QED) is 0.625. The predicted octanol–water partition coefficient (Wildman–Crippen LogP) is 1.96. The number of carbonyl (C=O) groups is 2. The number of carboxylic acid groups (broad SMARTS) is 1. The van der Waals surface area contributed by atoms with E-state index in [4.69, 9.17) is 9.84 Å². The van der Waals surface area contributed by atoms with Crippen molar-refractivity contribution in [3.63, 3.8) is 0 Å².